The lowest BCUT2D eigenvalue weighted by Crippen LogP contribution is -2.10. The predicted octanol–water partition coefficient (Wildman–Crippen LogP) is 1.90. The largest absolute Gasteiger partial charge is 0.504 e. The van der Waals surface area contributed by atoms with E-state index < -0.39 is 0 Å². The second-order valence-electron chi connectivity index (χ2n) is 4.67. The molecule has 0 fully saturated rings. The maximum absolute atomic E-state index is 9.74. The molecule has 4 N–H and O–H groups in total. The zero-order valence-corrected chi connectivity index (χ0v) is 13.9. The zero-order valence-electron chi connectivity index (χ0n) is 13.9. The number of anilines is 3. The normalized spacial score (nSPS) is 10.6. The van der Waals surface area contributed by atoms with Gasteiger partial charge in [-0.15, -0.1) is 0 Å². The molecule has 0 spiro atoms. The number of hydrogen-bond acceptors (Lipinski definition) is 9. The Kier molecular flexibility index (Phi) is 6.12. The monoisotopic (exact) mass is 331 g/mol. The van der Waals surface area contributed by atoms with E-state index in [0.29, 0.717) is 42.2 Å². The summed E-state index contributed by atoms with van der Waals surface area (Å²) in [5.74, 6) is 1.69. The Morgan fingerprint density at radius 2 is 1.71 bits per heavy atom. The van der Waals surface area contributed by atoms with Crippen molar-refractivity contribution in [3.8, 4) is 11.5 Å². The summed E-state index contributed by atoms with van der Waals surface area (Å²) in [6, 6.07) is 4.98. The number of methoxy groups -OCH3 is 1. The Balaban J connectivity index is 2.11. The quantitative estimate of drug-likeness (QED) is 0.428. The minimum Gasteiger partial charge on any atom is -0.504 e. The van der Waals surface area contributed by atoms with E-state index >= 15 is 0 Å². The van der Waals surface area contributed by atoms with Crippen molar-refractivity contribution in [1.82, 2.24) is 15.0 Å². The van der Waals surface area contributed by atoms with Gasteiger partial charge in [0.1, 0.15) is 0 Å². The smallest absolute Gasteiger partial charge is 0.250 e. The summed E-state index contributed by atoms with van der Waals surface area (Å²) in [5.41, 5.74) is 3.46. The molecule has 2 aromatic rings. The number of phenolic OH excluding ortho intramolecular Hbond substituents is 1. The second kappa shape index (κ2) is 8.51. The van der Waals surface area contributed by atoms with Crippen LogP contribution in [-0.4, -0.2) is 46.5 Å². The number of nitrogens with zero attached hydrogens (tertiary/aromatic N) is 4. The SMILES string of the molecule is CCNc1nc(NCC)nc(N/N=C/c2ccc(OC)c(O)c2)n1. The van der Waals surface area contributed by atoms with Crippen LogP contribution in [0, 0.1) is 0 Å². The second-order valence-corrected chi connectivity index (χ2v) is 4.67. The van der Waals surface area contributed by atoms with Gasteiger partial charge in [0.15, 0.2) is 11.5 Å². The highest BCUT2D eigenvalue weighted by Gasteiger charge is 2.05. The number of hydrogen-bond donors (Lipinski definition) is 4. The van der Waals surface area contributed by atoms with Gasteiger partial charge in [0.25, 0.3) is 0 Å². The molecule has 0 radical (unpaired) electrons. The molecular formula is C15H21N7O2. The van der Waals surface area contributed by atoms with Crippen LogP contribution in [0.2, 0.25) is 0 Å². The first-order chi connectivity index (χ1) is 11.7. The van der Waals surface area contributed by atoms with Gasteiger partial charge in [-0.05, 0) is 37.6 Å². The Bertz CT molecular complexity index is 682. The molecule has 0 atom stereocenters. The van der Waals surface area contributed by atoms with E-state index in [1.807, 2.05) is 13.8 Å². The van der Waals surface area contributed by atoms with E-state index in [0.717, 1.165) is 0 Å². The number of aromatic nitrogens is 3. The van der Waals surface area contributed by atoms with Gasteiger partial charge in [0, 0.05) is 13.1 Å². The molecule has 0 unspecified atom stereocenters. The molecule has 0 aliphatic rings. The minimum absolute atomic E-state index is 0.0467. The van der Waals surface area contributed by atoms with Gasteiger partial charge < -0.3 is 20.5 Å². The van der Waals surface area contributed by atoms with E-state index in [9.17, 15) is 5.11 Å². The van der Waals surface area contributed by atoms with Crippen molar-refractivity contribution in [3.63, 3.8) is 0 Å². The molecule has 1 aromatic carbocycles. The Morgan fingerprint density at radius 3 is 2.25 bits per heavy atom. The Labute approximate surface area is 140 Å². The standard InChI is InChI=1S/C15H21N7O2/c1-4-16-13-19-14(17-5-2)21-15(20-13)22-18-9-10-6-7-12(24-3)11(23)8-10/h6-9,23H,4-5H2,1-3H3,(H3,16,17,19,20,21,22)/b18-9+. The third-order valence-electron chi connectivity index (χ3n) is 2.89. The third kappa shape index (κ3) is 4.70. The number of ether oxygens (including phenoxy) is 1. The fourth-order valence-electron chi connectivity index (χ4n) is 1.85. The number of hydrazone groups is 1. The van der Waals surface area contributed by atoms with Gasteiger partial charge in [-0.1, -0.05) is 0 Å². The predicted molar refractivity (Wildman–Crippen MR) is 94.0 cm³/mol. The van der Waals surface area contributed by atoms with Crippen molar-refractivity contribution in [2.24, 2.45) is 5.10 Å². The van der Waals surface area contributed by atoms with Gasteiger partial charge in [-0.2, -0.15) is 20.1 Å². The van der Waals surface area contributed by atoms with E-state index in [4.69, 9.17) is 4.74 Å². The molecule has 0 saturated carbocycles. The highest BCUT2D eigenvalue weighted by molar-refractivity contribution is 5.81. The van der Waals surface area contributed by atoms with Crippen LogP contribution in [0.3, 0.4) is 0 Å². The van der Waals surface area contributed by atoms with Crippen LogP contribution in [0.4, 0.5) is 17.8 Å². The first-order valence-electron chi connectivity index (χ1n) is 7.56. The maximum atomic E-state index is 9.74. The molecule has 0 bridgehead atoms. The summed E-state index contributed by atoms with van der Waals surface area (Å²) >= 11 is 0. The average Bonchev–Trinajstić information content (AvgIpc) is 2.55. The fourth-order valence-corrected chi connectivity index (χ4v) is 1.85. The summed E-state index contributed by atoms with van der Waals surface area (Å²) < 4.78 is 5.00. The molecule has 24 heavy (non-hydrogen) atoms. The summed E-state index contributed by atoms with van der Waals surface area (Å²) in [6.07, 6.45) is 1.54. The van der Waals surface area contributed by atoms with Crippen LogP contribution in [0.15, 0.2) is 23.3 Å². The van der Waals surface area contributed by atoms with Gasteiger partial charge in [0.2, 0.25) is 17.8 Å². The molecule has 0 saturated heterocycles. The molecule has 9 nitrogen and oxygen atoms in total. The number of benzene rings is 1. The van der Waals surface area contributed by atoms with Crippen molar-refractivity contribution >= 4 is 24.1 Å². The van der Waals surface area contributed by atoms with E-state index in [-0.39, 0.29) is 5.75 Å². The van der Waals surface area contributed by atoms with Crippen LogP contribution in [0.5, 0.6) is 11.5 Å². The van der Waals surface area contributed by atoms with Crippen molar-refractivity contribution in [1.29, 1.82) is 0 Å². The van der Waals surface area contributed by atoms with E-state index in [2.05, 4.69) is 36.1 Å². The molecule has 0 amide bonds. The molecule has 0 aliphatic carbocycles. The lowest BCUT2D eigenvalue weighted by molar-refractivity contribution is 0.373. The maximum Gasteiger partial charge on any atom is 0.250 e. The number of phenols is 1. The van der Waals surface area contributed by atoms with Crippen LogP contribution in [0.25, 0.3) is 0 Å². The summed E-state index contributed by atoms with van der Waals surface area (Å²) in [7, 11) is 1.50. The zero-order chi connectivity index (χ0) is 17.4. The Morgan fingerprint density at radius 1 is 1.08 bits per heavy atom. The summed E-state index contributed by atoms with van der Waals surface area (Å²) in [6.45, 7) is 5.31. The molecule has 1 heterocycles. The molecule has 128 valence electrons. The first kappa shape index (κ1) is 17.3. The Hall–Kier alpha value is -3.10. The first-order valence-corrected chi connectivity index (χ1v) is 7.56. The van der Waals surface area contributed by atoms with Crippen LogP contribution >= 0.6 is 0 Å². The highest BCUT2D eigenvalue weighted by atomic mass is 16.5. The molecule has 2 rings (SSSR count). The minimum atomic E-state index is 0.0467. The van der Waals surface area contributed by atoms with Gasteiger partial charge in [-0.3, -0.25) is 0 Å². The molecule has 1 aromatic heterocycles. The molecule has 9 heteroatoms. The molecule has 0 aliphatic heterocycles. The van der Waals surface area contributed by atoms with Crippen LogP contribution in [0.1, 0.15) is 19.4 Å². The van der Waals surface area contributed by atoms with Crippen molar-refractivity contribution in [2.45, 2.75) is 13.8 Å². The van der Waals surface area contributed by atoms with Crippen LogP contribution < -0.4 is 20.8 Å². The lowest BCUT2D eigenvalue weighted by Gasteiger charge is -2.07. The topological polar surface area (TPSA) is 117 Å². The van der Waals surface area contributed by atoms with Crippen molar-refractivity contribution < 1.29 is 9.84 Å². The summed E-state index contributed by atoms with van der Waals surface area (Å²) in [5, 5.41) is 19.9. The van der Waals surface area contributed by atoms with Crippen molar-refractivity contribution in [2.75, 3.05) is 36.3 Å². The van der Waals surface area contributed by atoms with Crippen LogP contribution in [-0.2, 0) is 0 Å². The van der Waals surface area contributed by atoms with Gasteiger partial charge >= 0.3 is 0 Å². The van der Waals surface area contributed by atoms with Crippen molar-refractivity contribution in [3.05, 3.63) is 23.8 Å². The number of nitrogens with one attached hydrogen (secondary N) is 3. The van der Waals surface area contributed by atoms with Gasteiger partial charge in [0.05, 0.1) is 13.3 Å². The van der Waals surface area contributed by atoms with Gasteiger partial charge in [-0.25, -0.2) is 5.43 Å². The number of aromatic hydroxyl groups is 1. The van der Waals surface area contributed by atoms with E-state index in [1.165, 1.54) is 7.11 Å². The van der Waals surface area contributed by atoms with E-state index in [1.54, 1.807) is 24.4 Å². The average molecular weight is 331 g/mol. The summed E-state index contributed by atoms with van der Waals surface area (Å²) in [4.78, 5) is 12.7. The molecular weight excluding hydrogens is 310 g/mol. The fraction of sp³-hybridized carbons (Fsp3) is 0.333. The number of rotatable bonds is 8. The third-order valence-corrected chi connectivity index (χ3v) is 2.89. The lowest BCUT2D eigenvalue weighted by atomic mass is 10.2. The highest BCUT2D eigenvalue weighted by Crippen LogP contribution is 2.25.